The third kappa shape index (κ3) is 2.72. The number of hydrogen-bond acceptors (Lipinski definition) is 3. The normalized spacial score (nSPS) is 13.1. The lowest BCUT2D eigenvalue weighted by Crippen LogP contribution is -2.16. The molecule has 1 rings (SSSR count). The predicted octanol–water partition coefficient (Wildman–Crippen LogP) is 0.832. The Balaban J connectivity index is 2.96. The van der Waals surface area contributed by atoms with Crippen LogP contribution in [0.2, 0.25) is 0 Å². The molecule has 3 N–H and O–H groups in total. The van der Waals surface area contributed by atoms with Crippen LogP contribution in [0.4, 0.5) is 8.78 Å². The van der Waals surface area contributed by atoms with Gasteiger partial charge in [0.25, 0.3) is 6.43 Å². The van der Waals surface area contributed by atoms with Gasteiger partial charge in [0.2, 0.25) is 0 Å². The van der Waals surface area contributed by atoms with Crippen molar-refractivity contribution in [3.8, 4) is 0 Å². The monoisotopic (exact) mass is 219 g/mol. The standard InChI is InChI=1S/C8H11F2N3O2/c1-13-3-4(5(11)2-6(14)15)7(12-13)8(9)10/h3,5,8H,2,11H2,1H3,(H,14,15). The molecule has 1 aromatic heterocycles. The van der Waals surface area contributed by atoms with Crippen LogP contribution in [-0.4, -0.2) is 20.9 Å². The molecule has 0 amide bonds. The molecule has 1 heterocycles. The van der Waals surface area contributed by atoms with E-state index in [0.29, 0.717) is 0 Å². The first-order valence-corrected chi connectivity index (χ1v) is 4.20. The van der Waals surface area contributed by atoms with E-state index in [4.69, 9.17) is 10.8 Å². The SMILES string of the molecule is Cn1cc(C(N)CC(=O)O)c(C(F)F)n1. The van der Waals surface area contributed by atoms with Crippen LogP contribution in [0.25, 0.3) is 0 Å². The molecule has 1 unspecified atom stereocenters. The number of alkyl halides is 2. The van der Waals surface area contributed by atoms with E-state index < -0.39 is 30.6 Å². The minimum absolute atomic E-state index is 0.0786. The average Bonchev–Trinajstić information content (AvgIpc) is 2.46. The number of carboxylic acids is 1. The van der Waals surface area contributed by atoms with E-state index in [2.05, 4.69) is 5.10 Å². The minimum atomic E-state index is -2.75. The Labute approximate surface area is 84.5 Å². The van der Waals surface area contributed by atoms with Crippen molar-refractivity contribution < 1.29 is 18.7 Å². The third-order valence-electron chi connectivity index (χ3n) is 1.89. The van der Waals surface area contributed by atoms with Crippen molar-refractivity contribution in [1.29, 1.82) is 0 Å². The number of nitrogens with two attached hydrogens (primary N) is 1. The Bertz CT molecular complexity index is 365. The maximum absolute atomic E-state index is 12.5. The van der Waals surface area contributed by atoms with E-state index in [9.17, 15) is 13.6 Å². The average molecular weight is 219 g/mol. The number of aromatic nitrogens is 2. The summed E-state index contributed by atoms with van der Waals surface area (Å²) < 4.78 is 26.1. The fourth-order valence-corrected chi connectivity index (χ4v) is 1.28. The van der Waals surface area contributed by atoms with Crippen molar-refractivity contribution in [2.24, 2.45) is 12.8 Å². The summed E-state index contributed by atoms with van der Waals surface area (Å²) in [5, 5.41) is 12.0. The van der Waals surface area contributed by atoms with Gasteiger partial charge < -0.3 is 10.8 Å². The molecule has 0 fully saturated rings. The maximum atomic E-state index is 12.5. The molecule has 0 saturated carbocycles. The fraction of sp³-hybridized carbons (Fsp3) is 0.500. The van der Waals surface area contributed by atoms with Crippen LogP contribution in [0.15, 0.2) is 6.20 Å². The van der Waals surface area contributed by atoms with Crippen LogP contribution in [0, 0.1) is 0 Å². The summed E-state index contributed by atoms with van der Waals surface area (Å²) >= 11 is 0. The van der Waals surface area contributed by atoms with E-state index in [-0.39, 0.29) is 5.56 Å². The van der Waals surface area contributed by atoms with Crippen molar-refractivity contribution in [2.75, 3.05) is 0 Å². The second-order valence-corrected chi connectivity index (χ2v) is 3.15. The summed E-state index contributed by atoms with van der Waals surface area (Å²) in [4.78, 5) is 10.4. The van der Waals surface area contributed by atoms with E-state index in [1.807, 2.05) is 0 Å². The molecule has 0 saturated heterocycles. The molecule has 1 atom stereocenters. The van der Waals surface area contributed by atoms with Gasteiger partial charge >= 0.3 is 5.97 Å². The quantitative estimate of drug-likeness (QED) is 0.785. The largest absolute Gasteiger partial charge is 0.481 e. The Morgan fingerprint density at radius 2 is 2.33 bits per heavy atom. The zero-order valence-electron chi connectivity index (χ0n) is 8.02. The number of nitrogens with zero attached hydrogens (tertiary/aromatic N) is 2. The molecule has 0 aromatic carbocycles. The van der Waals surface area contributed by atoms with Gasteiger partial charge in [-0.25, -0.2) is 8.78 Å². The molecule has 0 aliphatic rings. The summed E-state index contributed by atoms with van der Waals surface area (Å²) in [6, 6.07) is -0.958. The predicted molar refractivity (Wildman–Crippen MR) is 47.3 cm³/mol. The van der Waals surface area contributed by atoms with E-state index in [1.54, 1.807) is 0 Å². The van der Waals surface area contributed by atoms with Gasteiger partial charge in [-0.2, -0.15) is 5.10 Å². The number of halogens is 2. The van der Waals surface area contributed by atoms with Crippen molar-refractivity contribution in [3.63, 3.8) is 0 Å². The topological polar surface area (TPSA) is 81.1 Å². The molecule has 7 heteroatoms. The molecule has 84 valence electrons. The minimum Gasteiger partial charge on any atom is -0.481 e. The summed E-state index contributed by atoms with van der Waals surface area (Å²) in [5.74, 6) is -1.13. The van der Waals surface area contributed by atoms with Crippen molar-refractivity contribution in [2.45, 2.75) is 18.9 Å². The van der Waals surface area contributed by atoms with Crippen LogP contribution in [0.5, 0.6) is 0 Å². The number of hydrogen-bond donors (Lipinski definition) is 2. The number of rotatable bonds is 4. The zero-order valence-corrected chi connectivity index (χ0v) is 8.02. The second kappa shape index (κ2) is 4.35. The number of carbonyl (C=O) groups is 1. The van der Waals surface area contributed by atoms with Gasteiger partial charge in [-0.1, -0.05) is 0 Å². The summed E-state index contributed by atoms with van der Waals surface area (Å²) in [6.45, 7) is 0. The lowest BCUT2D eigenvalue weighted by Gasteiger charge is -2.07. The molecule has 15 heavy (non-hydrogen) atoms. The number of carboxylic acid groups (broad SMARTS) is 1. The highest BCUT2D eigenvalue weighted by Gasteiger charge is 2.23. The molecule has 0 aliphatic heterocycles. The number of aryl methyl sites for hydroxylation is 1. The van der Waals surface area contributed by atoms with Crippen LogP contribution >= 0.6 is 0 Å². The molecule has 0 radical (unpaired) electrons. The highest BCUT2D eigenvalue weighted by atomic mass is 19.3. The summed E-state index contributed by atoms with van der Waals surface area (Å²) in [5.41, 5.74) is 5.11. The summed E-state index contributed by atoms with van der Waals surface area (Å²) in [6.07, 6.45) is -1.83. The third-order valence-corrected chi connectivity index (χ3v) is 1.89. The highest BCUT2D eigenvalue weighted by Crippen LogP contribution is 2.26. The maximum Gasteiger partial charge on any atom is 0.305 e. The van der Waals surface area contributed by atoms with Gasteiger partial charge in [0, 0.05) is 24.8 Å². The van der Waals surface area contributed by atoms with Crippen molar-refractivity contribution in [1.82, 2.24) is 9.78 Å². The van der Waals surface area contributed by atoms with E-state index >= 15 is 0 Å². The first-order chi connectivity index (χ1) is 6.91. The Morgan fingerprint density at radius 3 is 2.80 bits per heavy atom. The van der Waals surface area contributed by atoms with Crippen LogP contribution in [0.1, 0.15) is 30.1 Å². The Kier molecular flexibility index (Phi) is 3.35. The van der Waals surface area contributed by atoms with Crippen molar-refractivity contribution >= 4 is 5.97 Å². The van der Waals surface area contributed by atoms with Gasteiger partial charge in [0.05, 0.1) is 6.42 Å². The smallest absolute Gasteiger partial charge is 0.305 e. The van der Waals surface area contributed by atoms with Gasteiger partial charge in [-0.15, -0.1) is 0 Å². The lowest BCUT2D eigenvalue weighted by atomic mass is 10.1. The molecule has 0 bridgehead atoms. The lowest BCUT2D eigenvalue weighted by molar-refractivity contribution is -0.137. The Morgan fingerprint density at radius 1 is 1.73 bits per heavy atom. The Hall–Kier alpha value is -1.50. The fourth-order valence-electron chi connectivity index (χ4n) is 1.28. The van der Waals surface area contributed by atoms with Crippen LogP contribution < -0.4 is 5.73 Å². The second-order valence-electron chi connectivity index (χ2n) is 3.15. The van der Waals surface area contributed by atoms with Crippen molar-refractivity contribution in [3.05, 3.63) is 17.5 Å². The molecule has 1 aromatic rings. The first kappa shape index (κ1) is 11.6. The highest BCUT2D eigenvalue weighted by molar-refractivity contribution is 5.67. The van der Waals surface area contributed by atoms with Gasteiger partial charge in [0.1, 0.15) is 5.69 Å². The van der Waals surface area contributed by atoms with E-state index in [0.717, 1.165) is 0 Å². The first-order valence-electron chi connectivity index (χ1n) is 4.20. The number of aliphatic carboxylic acids is 1. The van der Waals surface area contributed by atoms with Gasteiger partial charge in [0.15, 0.2) is 0 Å². The zero-order chi connectivity index (χ0) is 11.6. The van der Waals surface area contributed by atoms with Crippen LogP contribution in [-0.2, 0) is 11.8 Å². The van der Waals surface area contributed by atoms with Crippen LogP contribution in [0.3, 0.4) is 0 Å². The molecular weight excluding hydrogens is 208 g/mol. The molecule has 0 aliphatic carbocycles. The molecule has 0 spiro atoms. The molecular formula is C8H11F2N3O2. The van der Waals surface area contributed by atoms with Gasteiger partial charge in [-0.3, -0.25) is 9.48 Å². The summed E-state index contributed by atoms with van der Waals surface area (Å²) in [7, 11) is 1.48. The molecule has 5 nitrogen and oxygen atoms in total. The van der Waals surface area contributed by atoms with E-state index in [1.165, 1.54) is 17.9 Å². The van der Waals surface area contributed by atoms with Gasteiger partial charge in [-0.05, 0) is 0 Å².